The van der Waals surface area contributed by atoms with Crippen LogP contribution in [0.25, 0.3) is 10.2 Å². The van der Waals surface area contributed by atoms with Crippen LogP contribution in [0.3, 0.4) is 0 Å². The van der Waals surface area contributed by atoms with Gasteiger partial charge in [-0.05, 0) is 44.1 Å². The third-order valence-electron chi connectivity index (χ3n) is 5.65. The molecule has 0 atom stereocenters. The molecule has 5 nitrogen and oxygen atoms in total. The molecule has 0 unspecified atom stereocenters. The fraction of sp³-hybridized carbons (Fsp3) is 0.650. The maximum atomic E-state index is 12.7. The van der Waals surface area contributed by atoms with Crippen molar-refractivity contribution < 1.29 is 4.79 Å². The molecule has 2 aliphatic rings. The first-order valence-corrected chi connectivity index (χ1v) is 10.5. The summed E-state index contributed by atoms with van der Waals surface area (Å²) in [6.45, 7) is 7.37. The Kier molecular flexibility index (Phi) is 4.41. The van der Waals surface area contributed by atoms with Gasteiger partial charge in [0.15, 0.2) is 0 Å². The fourth-order valence-corrected chi connectivity index (χ4v) is 5.47. The standard InChI is InChI=1S/C20H27N3O2S/c1-20(2,3)19(25)23-10-8-12(9-11-23)16-21-17(24)15-13-6-4-5-7-14(13)26-18(15)22-16/h12H,4-11H2,1-3H3,(H,21,22,24). The van der Waals surface area contributed by atoms with Crippen molar-refractivity contribution >= 4 is 27.5 Å². The number of nitrogens with one attached hydrogen (secondary N) is 1. The Labute approximate surface area is 157 Å². The van der Waals surface area contributed by atoms with Crippen molar-refractivity contribution in [1.29, 1.82) is 0 Å². The second kappa shape index (κ2) is 6.48. The average Bonchev–Trinajstić information content (AvgIpc) is 2.99. The number of hydrogen-bond acceptors (Lipinski definition) is 4. The Morgan fingerprint density at radius 2 is 1.88 bits per heavy atom. The second-order valence-corrected chi connectivity index (χ2v) is 9.74. The molecule has 2 aromatic rings. The zero-order valence-electron chi connectivity index (χ0n) is 15.9. The van der Waals surface area contributed by atoms with Crippen molar-refractivity contribution in [2.75, 3.05) is 13.1 Å². The van der Waals surface area contributed by atoms with Crippen LogP contribution < -0.4 is 5.56 Å². The molecule has 0 spiro atoms. The molecule has 1 N–H and O–H groups in total. The summed E-state index contributed by atoms with van der Waals surface area (Å²) in [7, 11) is 0. The summed E-state index contributed by atoms with van der Waals surface area (Å²) >= 11 is 1.71. The molecule has 1 amide bonds. The zero-order valence-corrected chi connectivity index (χ0v) is 16.7. The van der Waals surface area contributed by atoms with Crippen LogP contribution in [0, 0.1) is 5.41 Å². The van der Waals surface area contributed by atoms with E-state index in [-0.39, 0.29) is 22.8 Å². The zero-order chi connectivity index (χ0) is 18.5. The smallest absolute Gasteiger partial charge is 0.259 e. The predicted molar refractivity (Wildman–Crippen MR) is 105 cm³/mol. The number of H-pyrrole nitrogens is 1. The van der Waals surface area contributed by atoms with Crippen LogP contribution in [0.2, 0.25) is 0 Å². The van der Waals surface area contributed by atoms with Gasteiger partial charge in [0.25, 0.3) is 5.56 Å². The van der Waals surface area contributed by atoms with Gasteiger partial charge in [-0.3, -0.25) is 9.59 Å². The van der Waals surface area contributed by atoms with Crippen LogP contribution in [0.5, 0.6) is 0 Å². The van der Waals surface area contributed by atoms with E-state index in [2.05, 4.69) is 4.98 Å². The van der Waals surface area contributed by atoms with E-state index < -0.39 is 0 Å². The number of carbonyl (C=O) groups is 1. The molecular weight excluding hydrogens is 346 g/mol. The summed E-state index contributed by atoms with van der Waals surface area (Å²) in [5.41, 5.74) is 0.925. The van der Waals surface area contributed by atoms with Gasteiger partial charge in [0.2, 0.25) is 5.91 Å². The van der Waals surface area contributed by atoms with Crippen LogP contribution in [0.1, 0.15) is 68.6 Å². The third kappa shape index (κ3) is 3.08. The van der Waals surface area contributed by atoms with Gasteiger partial charge in [0.1, 0.15) is 10.7 Å². The van der Waals surface area contributed by atoms with Crippen LogP contribution >= 0.6 is 11.3 Å². The number of carbonyl (C=O) groups excluding carboxylic acids is 1. The summed E-state index contributed by atoms with van der Waals surface area (Å²) in [6.07, 6.45) is 6.19. The van der Waals surface area contributed by atoms with Crippen molar-refractivity contribution in [3.63, 3.8) is 0 Å². The van der Waals surface area contributed by atoms with E-state index in [1.807, 2.05) is 25.7 Å². The lowest BCUT2D eigenvalue weighted by Crippen LogP contribution is -2.44. The molecule has 1 aliphatic heterocycles. The number of aryl methyl sites for hydroxylation is 2. The van der Waals surface area contributed by atoms with Crippen molar-refractivity contribution in [2.45, 2.75) is 65.2 Å². The van der Waals surface area contributed by atoms with E-state index in [4.69, 9.17) is 4.98 Å². The Hall–Kier alpha value is -1.69. The molecular formula is C20H27N3O2S. The van der Waals surface area contributed by atoms with E-state index >= 15 is 0 Å². The van der Waals surface area contributed by atoms with Gasteiger partial charge in [-0.2, -0.15) is 0 Å². The molecule has 140 valence electrons. The number of amides is 1. The molecule has 6 heteroatoms. The molecule has 2 aromatic heterocycles. The van der Waals surface area contributed by atoms with Gasteiger partial charge in [-0.1, -0.05) is 20.8 Å². The summed E-state index contributed by atoms with van der Waals surface area (Å²) in [5.74, 6) is 1.25. The van der Waals surface area contributed by atoms with Gasteiger partial charge in [-0.15, -0.1) is 11.3 Å². The summed E-state index contributed by atoms with van der Waals surface area (Å²) in [4.78, 5) is 37.3. The molecule has 1 aliphatic carbocycles. The normalized spacial score (nSPS) is 19.0. The quantitative estimate of drug-likeness (QED) is 0.830. The highest BCUT2D eigenvalue weighted by Crippen LogP contribution is 2.35. The number of aromatic nitrogens is 2. The maximum Gasteiger partial charge on any atom is 0.259 e. The summed E-state index contributed by atoms with van der Waals surface area (Å²) < 4.78 is 0. The number of aromatic amines is 1. The van der Waals surface area contributed by atoms with Gasteiger partial charge >= 0.3 is 0 Å². The number of thiophene rings is 1. The Bertz CT molecular complexity index is 898. The maximum absolute atomic E-state index is 12.7. The molecule has 1 saturated heterocycles. The van der Waals surface area contributed by atoms with Gasteiger partial charge in [0, 0.05) is 29.3 Å². The number of nitrogens with zero attached hydrogens (tertiary/aromatic N) is 2. The topological polar surface area (TPSA) is 66.1 Å². The molecule has 1 fully saturated rings. The lowest BCUT2D eigenvalue weighted by atomic mass is 9.90. The number of hydrogen-bond donors (Lipinski definition) is 1. The van der Waals surface area contributed by atoms with Crippen molar-refractivity contribution in [2.24, 2.45) is 5.41 Å². The molecule has 0 bridgehead atoms. The fourth-order valence-electron chi connectivity index (χ4n) is 4.20. The number of likely N-dealkylation sites (tertiary alicyclic amines) is 1. The largest absolute Gasteiger partial charge is 0.342 e. The Morgan fingerprint density at radius 3 is 2.58 bits per heavy atom. The van der Waals surface area contributed by atoms with E-state index in [9.17, 15) is 9.59 Å². The number of fused-ring (bicyclic) bond motifs is 3. The number of piperidine rings is 1. The highest BCUT2D eigenvalue weighted by Gasteiger charge is 2.31. The highest BCUT2D eigenvalue weighted by atomic mass is 32.1. The highest BCUT2D eigenvalue weighted by molar-refractivity contribution is 7.18. The monoisotopic (exact) mass is 373 g/mol. The van der Waals surface area contributed by atoms with E-state index in [1.165, 1.54) is 23.3 Å². The Morgan fingerprint density at radius 1 is 1.19 bits per heavy atom. The molecule has 3 heterocycles. The van der Waals surface area contributed by atoms with Crippen LogP contribution in [0.4, 0.5) is 0 Å². The van der Waals surface area contributed by atoms with Crippen molar-refractivity contribution in [3.05, 3.63) is 26.6 Å². The van der Waals surface area contributed by atoms with Crippen LogP contribution in [0.15, 0.2) is 4.79 Å². The van der Waals surface area contributed by atoms with E-state index in [0.717, 1.165) is 54.8 Å². The van der Waals surface area contributed by atoms with E-state index in [1.54, 1.807) is 11.3 Å². The van der Waals surface area contributed by atoms with Crippen LogP contribution in [-0.2, 0) is 17.6 Å². The first-order chi connectivity index (χ1) is 12.3. The molecule has 4 rings (SSSR count). The lowest BCUT2D eigenvalue weighted by Gasteiger charge is -2.35. The minimum Gasteiger partial charge on any atom is -0.342 e. The van der Waals surface area contributed by atoms with Gasteiger partial charge in [-0.25, -0.2) is 4.98 Å². The van der Waals surface area contributed by atoms with E-state index in [0.29, 0.717) is 0 Å². The molecule has 0 saturated carbocycles. The minimum absolute atomic E-state index is 0.0256. The van der Waals surface area contributed by atoms with Gasteiger partial charge in [0.05, 0.1) is 5.39 Å². The van der Waals surface area contributed by atoms with Gasteiger partial charge < -0.3 is 9.88 Å². The Balaban J connectivity index is 1.57. The summed E-state index contributed by atoms with van der Waals surface area (Å²) in [5, 5.41) is 0.828. The second-order valence-electron chi connectivity index (χ2n) is 8.66. The number of rotatable bonds is 1. The molecule has 0 radical (unpaired) electrons. The van der Waals surface area contributed by atoms with Crippen LogP contribution in [-0.4, -0.2) is 33.9 Å². The molecule has 0 aromatic carbocycles. The average molecular weight is 374 g/mol. The lowest BCUT2D eigenvalue weighted by molar-refractivity contribution is -0.140. The first-order valence-electron chi connectivity index (χ1n) is 9.68. The van der Waals surface area contributed by atoms with Crippen molar-refractivity contribution in [1.82, 2.24) is 14.9 Å². The SMILES string of the molecule is CC(C)(C)C(=O)N1CCC(c2nc3sc4c(c3c(=O)[nH]2)CCCC4)CC1. The van der Waals surface area contributed by atoms with Crippen molar-refractivity contribution in [3.8, 4) is 0 Å². The molecule has 26 heavy (non-hydrogen) atoms. The predicted octanol–water partition coefficient (Wildman–Crippen LogP) is 3.62. The first kappa shape index (κ1) is 17.7. The third-order valence-corrected chi connectivity index (χ3v) is 6.84. The minimum atomic E-state index is -0.339. The summed E-state index contributed by atoms with van der Waals surface area (Å²) in [6, 6.07) is 0.